The largest absolute Gasteiger partial charge is 0.424 e. The van der Waals surface area contributed by atoms with Crippen molar-refractivity contribution in [2.75, 3.05) is 24.2 Å². The van der Waals surface area contributed by atoms with Crippen molar-refractivity contribution in [3.63, 3.8) is 0 Å². The number of aryl methyl sites for hydroxylation is 1. The molecule has 182 valence electrons. The van der Waals surface area contributed by atoms with Crippen molar-refractivity contribution >= 4 is 26.4 Å². The van der Waals surface area contributed by atoms with Gasteiger partial charge in [0.2, 0.25) is 0 Å². The van der Waals surface area contributed by atoms with Crippen LogP contribution >= 0.6 is 11.5 Å². The van der Waals surface area contributed by atoms with Gasteiger partial charge in [-0.1, -0.05) is 0 Å². The lowest BCUT2D eigenvalue weighted by atomic mass is 9.82. The fourth-order valence-corrected chi connectivity index (χ4v) is 6.67. The predicted octanol–water partition coefficient (Wildman–Crippen LogP) is 4.52. The van der Waals surface area contributed by atoms with Crippen LogP contribution < -0.4 is 9.64 Å². The van der Waals surface area contributed by atoms with Crippen molar-refractivity contribution in [2.45, 2.75) is 51.0 Å². The molecule has 2 fully saturated rings. The van der Waals surface area contributed by atoms with Gasteiger partial charge in [0, 0.05) is 25.8 Å². The third kappa shape index (κ3) is 4.70. The van der Waals surface area contributed by atoms with E-state index in [9.17, 15) is 8.42 Å². The molecular formula is C24H31N5O3S2. The molecule has 1 aliphatic carbocycles. The van der Waals surface area contributed by atoms with E-state index in [1.54, 1.807) is 35.8 Å². The van der Waals surface area contributed by atoms with Gasteiger partial charge in [-0.3, -0.25) is 0 Å². The van der Waals surface area contributed by atoms with E-state index >= 15 is 0 Å². The maximum atomic E-state index is 11.7. The van der Waals surface area contributed by atoms with E-state index in [0.717, 1.165) is 31.0 Å². The van der Waals surface area contributed by atoms with E-state index in [-0.39, 0.29) is 10.9 Å². The van der Waals surface area contributed by atoms with Gasteiger partial charge < -0.3 is 9.64 Å². The number of sulfone groups is 1. The molecule has 1 saturated heterocycles. The highest BCUT2D eigenvalue weighted by atomic mass is 32.2. The Morgan fingerprint density at radius 3 is 2.38 bits per heavy atom. The molecule has 2 aromatic heterocycles. The average molecular weight is 502 g/mol. The minimum atomic E-state index is -3.25. The molecule has 0 N–H and O–H groups in total. The number of anilines is 1. The van der Waals surface area contributed by atoms with Gasteiger partial charge >= 0.3 is 6.01 Å². The molecule has 1 unspecified atom stereocenters. The van der Waals surface area contributed by atoms with Gasteiger partial charge in [-0.2, -0.15) is 14.5 Å². The van der Waals surface area contributed by atoms with Gasteiger partial charge in [-0.15, -0.1) is 0 Å². The molecule has 2 aliphatic rings. The number of benzene rings is 1. The van der Waals surface area contributed by atoms with Crippen LogP contribution in [0.5, 0.6) is 11.8 Å². The first-order valence-corrected chi connectivity index (χ1v) is 14.5. The number of nitrogens with zero attached hydrogens (tertiary/aromatic N) is 5. The summed E-state index contributed by atoms with van der Waals surface area (Å²) in [5, 5.41) is 6.08. The number of aromatic nitrogens is 4. The molecule has 3 aromatic rings. The predicted molar refractivity (Wildman–Crippen MR) is 133 cm³/mol. The number of rotatable bonds is 7. The smallest absolute Gasteiger partial charge is 0.320 e. The van der Waals surface area contributed by atoms with E-state index in [4.69, 9.17) is 14.8 Å². The van der Waals surface area contributed by atoms with Gasteiger partial charge in [0.25, 0.3) is 0 Å². The zero-order valence-electron chi connectivity index (χ0n) is 20.0. The Balaban J connectivity index is 1.31. The summed E-state index contributed by atoms with van der Waals surface area (Å²) in [5.74, 6) is 3.22. The zero-order chi connectivity index (χ0) is 24.0. The second-order valence-corrected chi connectivity index (χ2v) is 12.7. The molecule has 34 heavy (non-hydrogen) atoms. The van der Waals surface area contributed by atoms with Crippen LogP contribution in [0, 0.1) is 24.7 Å². The molecule has 2 bridgehead atoms. The normalized spacial score (nSPS) is 22.5. The SMILES string of the molecule is Cc1cc(N2C[C@H]3CC[C@@H](C2)C3Cc2nc(Oc3ccc(S(C)(=O)=O)cc3)n(C(C)C)n2)sn1. The molecule has 0 amide bonds. The van der Waals surface area contributed by atoms with Crippen molar-refractivity contribution in [1.82, 2.24) is 19.1 Å². The molecule has 10 heteroatoms. The topological polar surface area (TPSA) is 90.2 Å². The van der Waals surface area contributed by atoms with Crippen molar-refractivity contribution in [1.29, 1.82) is 0 Å². The standard InChI is InChI=1S/C24H31N5O3S2/c1-15(2)29-24(32-19-7-9-20(10-8-19)34(4,30)31)25-22(26-29)12-21-17-5-6-18(21)14-28(13-17)23-11-16(3)27-33-23/h7-11,15,17-18,21H,5-6,12-14H2,1-4H3/t17-,18+,21?. The lowest BCUT2D eigenvalue weighted by Gasteiger charge is -2.38. The molecule has 0 spiro atoms. The van der Waals surface area contributed by atoms with Crippen LogP contribution in [0.25, 0.3) is 0 Å². The molecule has 1 saturated carbocycles. The number of hydrogen-bond acceptors (Lipinski definition) is 8. The van der Waals surface area contributed by atoms with E-state index in [2.05, 4.69) is 36.1 Å². The maximum Gasteiger partial charge on any atom is 0.320 e. The van der Waals surface area contributed by atoms with Crippen molar-refractivity contribution in [3.8, 4) is 11.8 Å². The number of piperidine rings is 1. The van der Waals surface area contributed by atoms with Crippen LogP contribution in [0.4, 0.5) is 5.00 Å². The Hall–Kier alpha value is -2.46. The first-order chi connectivity index (χ1) is 16.2. The number of ether oxygens (including phenoxy) is 1. The summed E-state index contributed by atoms with van der Waals surface area (Å²) < 4.78 is 35.8. The summed E-state index contributed by atoms with van der Waals surface area (Å²) in [6, 6.07) is 9.17. The number of hydrogen-bond donors (Lipinski definition) is 0. The van der Waals surface area contributed by atoms with Gasteiger partial charge in [0.1, 0.15) is 10.8 Å². The van der Waals surface area contributed by atoms with Gasteiger partial charge in [0.15, 0.2) is 15.7 Å². The summed E-state index contributed by atoms with van der Waals surface area (Å²) in [6.45, 7) is 8.31. The van der Waals surface area contributed by atoms with Crippen molar-refractivity contribution in [2.24, 2.45) is 17.8 Å². The molecule has 3 atom stereocenters. The second kappa shape index (κ2) is 8.96. The van der Waals surface area contributed by atoms with E-state index in [1.807, 2.05) is 4.68 Å². The van der Waals surface area contributed by atoms with Crippen LogP contribution in [-0.4, -0.2) is 46.9 Å². The molecule has 5 rings (SSSR count). The van der Waals surface area contributed by atoms with E-state index < -0.39 is 9.84 Å². The Morgan fingerprint density at radius 1 is 1.15 bits per heavy atom. The van der Waals surface area contributed by atoms with Crippen molar-refractivity contribution in [3.05, 3.63) is 41.9 Å². The van der Waals surface area contributed by atoms with Gasteiger partial charge in [0.05, 0.1) is 16.6 Å². The fourth-order valence-electron chi connectivity index (χ4n) is 5.26. The third-order valence-electron chi connectivity index (χ3n) is 6.97. The van der Waals surface area contributed by atoms with Crippen LogP contribution in [0.2, 0.25) is 0 Å². The average Bonchev–Trinajstić information content (AvgIpc) is 3.44. The lowest BCUT2D eigenvalue weighted by Crippen LogP contribution is -2.42. The van der Waals surface area contributed by atoms with Crippen LogP contribution in [0.15, 0.2) is 35.2 Å². The van der Waals surface area contributed by atoms with E-state index in [1.165, 1.54) is 24.1 Å². The monoisotopic (exact) mass is 501 g/mol. The second-order valence-electron chi connectivity index (χ2n) is 9.87. The van der Waals surface area contributed by atoms with Gasteiger partial charge in [-0.05, 0) is 93.2 Å². The molecule has 0 radical (unpaired) electrons. The summed E-state index contributed by atoms with van der Waals surface area (Å²) >= 11 is 1.60. The minimum Gasteiger partial charge on any atom is -0.424 e. The van der Waals surface area contributed by atoms with Gasteiger partial charge in [-0.25, -0.2) is 13.1 Å². The first-order valence-electron chi connectivity index (χ1n) is 11.8. The third-order valence-corrected chi connectivity index (χ3v) is 9.04. The summed E-state index contributed by atoms with van der Waals surface area (Å²) in [4.78, 5) is 7.54. The Kier molecular flexibility index (Phi) is 6.14. The summed E-state index contributed by atoms with van der Waals surface area (Å²) in [5.41, 5.74) is 1.09. The van der Waals surface area contributed by atoms with E-state index in [0.29, 0.717) is 29.5 Å². The highest BCUT2D eigenvalue weighted by molar-refractivity contribution is 7.90. The molecule has 8 nitrogen and oxygen atoms in total. The highest BCUT2D eigenvalue weighted by Crippen LogP contribution is 2.45. The zero-order valence-corrected chi connectivity index (χ0v) is 21.6. The lowest BCUT2D eigenvalue weighted by molar-refractivity contribution is 0.266. The quantitative estimate of drug-likeness (QED) is 0.470. The minimum absolute atomic E-state index is 0.0969. The molecule has 3 heterocycles. The van der Waals surface area contributed by atoms with Crippen LogP contribution in [0.3, 0.4) is 0 Å². The Labute approximate surface area is 205 Å². The molecule has 1 aromatic carbocycles. The molecular weight excluding hydrogens is 470 g/mol. The fraction of sp³-hybridized carbons (Fsp3) is 0.542. The van der Waals surface area contributed by atoms with Crippen molar-refractivity contribution < 1.29 is 13.2 Å². The maximum absolute atomic E-state index is 11.7. The number of fused-ring (bicyclic) bond motifs is 2. The summed E-state index contributed by atoms with van der Waals surface area (Å²) in [7, 11) is -3.25. The first kappa shape index (κ1) is 23.3. The Morgan fingerprint density at radius 2 is 1.82 bits per heavy atom. The highest BCUT2D eigenvalue weighted by Gasteiger charge is 2.43. The summed E-state index contributed by atoms with van der Waals surface area (Å²) in [6.07, 6.45) is 4.56. The Bertz CT molecular complexity index is 1250. The molecule has 1 aliphatic heterocycles. The van der Waals surface area contributed by atoms with Crippen LogP contribution in [0.1, 0.15) is 44.2 Å². The van der Waals surface area contributed by atoms with Crippen LogP contribution in [-0.2, 0) is 16.3 Å².